The summed E-state index contributed by atoms with van der Waals surface area (Å²) in [4.78, 5) is 5.16. The van der Waals surface area contributed by atoms with E-state index in [0.29, 0.717) is 11.5 Å². The fraction of sp³-hybridized carbons (Fsp3) is 0.760. The molecule has 2 heterocycles. The molecule has 2 aliphatic rings. The van der Waals surface area contributed by atoms with Crippen LogP contribution in [0.4, 0.5) is 0 Å². The molecule has 5 heteroatoms. The molecule has 30 heavy (non-hydrogen) atoms. The third-order valence-electron chi connectivity index (χ3n) is 5.37. The fourth-order valence-corrected chi connectivity index (χ4v) is 3.83. The Hall–Kier alpha value is -1.30. The third kappa shape index (κ3) is 13.8. The van der Waals surface area contributed by atoms with Crippen LogP contribution in [0.15, 0.2) is 36.2 Å². The standard InChI is InChI=1S/C13H28N2.C9H14N2.C2H6.CH5N/c1-5-7-13(3,8-6-2)15-11-9-14(4)10-12-15;1-8-5-3-2-4-6-11-9(10)7-8;2*1-2/h5-12H2,1-4H3;2-5,7-8,11H,6,10H2,1H3;1-2H3;2H2,1H3/b;4-2-,5-3-,9-7-;;. The highest BCUT2D eigenvalue weighted by atomic mass is 15.3. The minimum atomic E-state index is 0.408. The fourth-order valence-electron chi connectivity index (χ4n) is 3.83. The zero-order valence-electron chi connectivity index (χ0n) is 21.4. The SMILES string of the molecule is CC.CC1/C=C\C=C/CN/C(N)=C\1.CCCC(C)(CCC)N1CCN(C)CC1.CN. The molecular weight excluding hydrogens is 370 g/mol. The van der Waals surface area contributed by atoms with Crippen LogP contribution in [0.2, 0.25) is 0 Å². The first-order valence-corrected chi connectivity index (χ1v) is 12.0. The Labute approximate surface area is 188 Å². The summed E-state index contributed by atoms with van der Waals surface area (Å²) in [6.45, 7) is 19.0. The van der Waals surface area contributed by atoms with Crippen LogP contribution in [0, 0.1) is 5.92 Å². The van der Waals surface area contributed by atoms with E-state index >= 15 is 0 Å². The highest BCUT2D eigenvalue weighted by Crippen LogP contribution is 2.27. The van der Waals surface area contributed by atoms with Crippen molar-refractivity contribution in [2.45, 2.75) is 72.8 Å². The van der Waals surface area contributed by atoms with E-state index in [-0.39, 0.29) is 0 Å². The molecule has 178 valence electrons. The van der Waals surface area contributed by atoms with E-state index in [1.165, 1.54) is 58.9 Å². The Kier molecular flexibility index (Phi) is 20.2. The minimum Gasteiger partial charge on any atom is -0.386 e. The minimum absolute atomic E-state index is 0.408. The van der Waals surface area contributed by atoms with Crippen LogP contribution < -0.4 is 16.8 Å². The van der Waals surface area contributed by atoms with Gasteiger partial charge in [0.1, 0.15) is 0 Å². The summed E-state index contributed by atoms with van der Waals surface area (Å²) in [6.07, 6.45) is 15.5. The molecule has 0 aliphatic carbocycles. The molecule has 1 unspecified atom stereocenters. The predicted octanol–water partition coefficient (Wildman–Crippen LogP) is 4.33. The molecular formula is C25H53N5. The second-order valence-electron chi connectivity index (χ2n) is 7.96. The number of likely N-dealkylation sites (N-methyl/N-ethyl adjacent to an activating group) is 1. The summed E-state index contributed by atoms with van der Waals surface area (Å²) in [6, 6.07) is 0. The summed E-state index contributed by atoms with van der Waals surface area (Å²) < 4.78 is 0. The van der Waals surface area contributed by atoms with Crippen molar-refractivity contribution in [1.29, 1.82) is 0 Å². The lowest BCUT2D eigenvalue weighted by atomic mass is 9.88. The summed E-state index contributed by atoms with van der Waals surface area (Å²) in [5, 5.41) is 3.07. The smallest absolute Gasteiger partial charge is 0.0927 e. The Morgan fingerprint density at radius 1 is 1.03 bits per heavy atom. The highest BCUT2D eigenvalue weighted by molar-refractivity contribution is 5.12. The van der Waals surface area contributed by atoms with Crippen LogP contribution >= 0.6 is 0 Å². The van der Waals surface area contributed by atoms with Crippen LogP contribution in [-0.4, -0.2) is 62.2 Å². The van der Waals surface area contributed by atoms with Crippen molar-refractivity contribution in [3.63, 3.8) is 0 Å². The first kappa shape index (κ1) is 30.9. The maximum absolute atomic E-state index is 5.65. The summed E-state index contributed by atoms with van der Waals surface area (Å²) in [5.41, 5.74) is 10.6. The number of nitrogens with one attached hydrogen (secondary N) is 1. The molecule has 0 bridgehead atoms. The van der Waals surface area contributed by atoms with E-state index < -0.39 is 0 Å². The number of nitrogens with zero attached hydrogens (tertiary/aromatic N) is 2. The maximum atomic E-state index is 5.65. The van der Waals surface area contributed by atoms with Crippen molar-refractivity contribution < 1.29 is 0 Å². The molecule has 0 radical (unpaired) electrons. The Balaban J connectivity index is 0. The molecule has 5 nitrogen and oxygen atoms in total. The van der Waals surface area contributed by atoms with Crippen molar-refractivity contribution in [3.8, 4) is 0 Å². The molecule has 2 aliphatic heterocycles. The van der Waals surface area contributed by atoms with Crippen LogP contribution in [0.1, 0.15) is 67.2 Å². The third-order valence-corrected chi connectivity index (χ3v) is 5.37. The first-order valence-electron chi connectivity index (χ1n) is 12.0. The molecule has 2 rings (SSSR count). The van der Waals surface area contributed by atoms with Crippen LogP contribution in [0.3, 0.4) is 0 Å². The number of allylic oxidation sites excluding steroid dienone is 4. The molecule has 0 aromatic carbocycles. The predicted molar refractivity (Wildman–Crippen MR) is 136 cm³/mol. The van der Waals surface area contributed by atoms with Crippen molar-refractivity contribution in [2.24, 2.45) is 17.4 Å². The van der Waals surface area contributed by atoms with Gasteiger partial charge in [0.15, 0.2) is 0 Å². The van der Waals surface area contributed by atoms with Crippen LogP contribution in [0.5, 0.6) is 0 Å². The van der Waals surface area contributed by atoms with Gasteiger partial charge in [-0.05, 0) is 45.9 Å². The Morgan fingerprint density at radius 2 is 1.57 bits per heavy atom. The second-order valence-corrected chi connectivity index (χ2v) is 7.96. The number of nitrogens with two attached hydrogens (primary N) is 2. The van der Waals surface area contributed by atoms with E-state index in [9.17, 15) is 0 Å². The van der Waals surface area contributed by atoms with Crippen molar-refractivity contribution in [3.05, 3.63) is 36.2 Å². The average Bonchev–Trinajstić information content (AvgIpc) is 2.83. The molecule has 0 aromatic heterocycles. The zero-order chi connectivity index (χ0) is 23.4. The summed E-state index contributed by atoms with van der Waals surface area (Å²) in [5.74, 6) is 1.17. The van der Waals surface area contributed by atoms with E-state index in [0.717, 1.165) is 12.4 Å². The molecule has 0 amide bonds. The number of hydrogen-bond donors (Lipinski definition) is 3. The quantitative estimate of drug-likeness (QED) is 0.614. The molecule has 0 spiro atoms. The molecule has 5 N–H and O–H groups in total. The lowest BCUT2D eigenvalue weighted by Crippen LogP contribution is -2.55. The Bertz CT molecular complexity index is 456. The van der Waals surface area contributed by atoms with Crippen molar-refractivity contribution in [1.82, 2.24) is 15.1 Å². The van der Waals surface area contributed by atoms with Crippen LogP contribution in [-0.2, 0) is 0 Å². The monoisotopic (exact) mass is 423 g/mol. The number of piperazine rings is 1. The van der Waals surface area contributed by atoms with E-state index in [2.05, 4.69) is 61.7 Å². The van der Waals surface area contributed by atoms with Gasteiger partial charge in [-0.15, -0.1) is 0 Å². The van der Waals surface area contributed by atoms with Gasteiger partial charge in [-0.25, -0.2) is 0 Å². The van der Waals surface area contributed by atoms with Crippen LogP contribution in [0.25, 0.3) is 0 Å². The average molecular weight is 424 g/mol. The second kappa shape index (κ2) is 19.7. The van der Waals surface area contributed by atoms with Gasteiger partial charge >= 0.3 is 0 Å². The lowest BCUT2D eigenvalue weighted by Gasteiger charge is -2.45. The lowest BCUT2D eigenvalue weighted by molar-refractivity contribution is 0.0381. The van der Waals surface area contributed by atoms with E-state index in [1.54, 1.807) is 0 Å². The van der Waals surface area contributed by atoms with Crippen molar-refractivity contribution in [2.75, 3.05) is 46.8 Å². The van der Waals surface area contributed by atoms with Gasteiger partial charge in [-0.3, -0.25) is 4.90 Å². The largest absolute Gasteiger partial charge is 0.386 e. The van der Waals surface area contributed by atoms with Crippen molar-refractivity contribution >= 4 is 0 Å². The topological polar surface area (TPSA) is 70.5 Å². The maximum Gasteiger partial charge on any atom is 0.0927 e. The van der Waals surface area contributed by atoms with E-state index in [4.69, 9.17) is 5.73 Å². The molecule has 0 aromatic rings. The van der Waals surface area contributed by atoms with Gasteiger partial charge in [-0.2, -0.15) is 0 Å². The van der Waals surface area contributed by atoms with Gasteiger partial charge < -0.3 is 21.7 Å². The van der Waals surface area contributed by atoms with Gasteiger partial charge in [0.25, 0.3) is 0 Å². The first-order chi connectivity index (χ1) is 14.4. The molecule has 1 fully saturated rings. The molecule has 0 saturated carbocycles. The summed E-state index contributed by atoms with van der Waals surface area (Å²) in [7, 11) is 3.73. The normalized spacial score (nSPS) is 23.6. The van der Waals surface area contributed by atoms with Gasteiger partial charge in [-0.1, -0.05) is 71.8 Å². The number of rotatable bonds is 5. The van der Waals surface area contributed by atoms with Gasteiger partial charge in [0.2, 0.25) is 0 Å². The molecule has 1 saturated heterocycles. The van der Waals surface area contributed by atoms with E-state index in [1.807, 2.05) is 38.2 Å². The number of hydrogen-bond acceptors (Lipinski definition) is 5. The summed E-state index contributed by atoms with van der Waals surface area (Å²) >= 11 is 0. The Morgan fingerprint density at radius 3 is 2.07 bits per heavy atom. The zero-order valence-corrected chi connectivity index (χ0v) is 21.4. The molecule has 1 atom stereocenters. The van der Waals surface area contributed by atoms with Gasteiger partial charge in [0.05, 0.1) is 5.82 Å². The van der Waals surface area contributed by atoms with Gasteiger partial charge in [0, 0.05) is 38.3 Å². The highest BCUT2D eigenvalue weighted by Gasteiger charge is 2.31.